The molecule has 0 rings (SSSR count). The summed E-state index contributed by atoms with van der Waals surface area (Å²) >= 11 is 0. The lowest BCUT2D eigenvalue weighted by molar-refractivity contribution is -0.323. The first-order valence-electron chi connectivity index (χ1n) is 4.22. The van der Waals surface area contributed by atoms with Crippen molar-refractivity contribution in [3.8, 4) is 0 Å². The second-order valence-corrected chi connectivity index (χ2v) is 3.46. The summed E-state index contributed by atoms with van der Waals surface area (Å²) in [6.07, 6.45) is -3.66. The van der Waals surface area contributed by atoms with Crippen molar-refractivity contribution in [2.45, 2.75) is 39.1 Å². The molecule has 0 aliphatic heterocycles. The van der Waals surface area contributed by atoms with E-state index in [0.717, 1.165) is 6.42 Å². The Labute approximate surface area is 77.9 Å². The summed E-state index contributed by atoms with van der Waals surface area (Å²) < 4.78 is 38.1. The van der Waals surface area contributed by atoms with E-state index >= 15 is 0 Å². The zero-order chi connectivity index (χ0) is 10.5. The number of ether oxygens (including phenoxy) is 1. The summed E-state index contributed by atoms with van der Waals surface area (Å²) in [5.41, 5.74) is -0.130. The Morgan fingerprint density at radius 1 is 1.31 bits per heavy atom. The van der Waals surface area contributed by atoms with Crippen LogP contribution in [0.2, 0.25) is 0 Å². The summed E-state index contributed by atoms with van der Waals surface area (Å²) in [6.45, 7) is 5.70. The minimum atomic E-state index is -4.52. The van der Waals surface area contributed by atoms with Gasteiger partial charge in [0.15, 0.2) is 0 Å². The van der Waals surface area contributed by atoms with Gasteiger partial charge in [0.25, 0.3) is 0 Å². The molecular formula is C8H18F3NO. The molecule has 0 bridgehead atoms. The molecular weight excluding hydrogens is 183 g/mol. The molecule has 2 nitrogen and oxygen atoms in total. The number of rotatable bonds is 5. The van der Waals surface area contributed by atoms with Crippen LogP contribution in [-0.2, 0) is 4.74 Å². The molecule has 0 aromatic rings. The predicted molar refractivity (Wildman–Crippen MR) is 46.5 cm³/mol. The zero-order valence-electron chi connectivity index (χ0n) is 8.16. The van der Waals surface area contributed by atoms with E-state index in [4.69, 9.17) is 0 Å². The first kappa shape index (κ1) is 12.7. The van der Waals surface area contributed by atoms with Crippen molar-refractivity contribution in [1.29, 1.82) is 0 Å². The molecule has 0 spiro atoms. The molecule has 0 aromatic carbocycles. The van der Waals surface area contributed by atoms with Crippen molar-refractivity contribution in [2.24, 2.45) is 0 Å². The van der Waals surface area contributed by atoms with Crippen molar-refractivity contribution < 1.29 is 19.3 Å². The van der Waals surface area contributed by atoms with Crippen molar-refractivity contribution in [3.63, 3.8) is 0 Å². The summed E-state index contributed by atoms with van der Waals surface area (Å²) in [6, 6.07) is 0. The zero-order valence-corrected chi connectivity index (χ0v) is 8.16. The number of nitrogens with one attached hydrogen (secondary N) is 1. The third kappa shape index (κ3) is 8.05. The topological polar surface area (TPSA) is 21.3 Å². The maximum absolute atomic E-state index is 11.5. The molecule has 0 saturated heterocycles. The molecule has 82 valence electrons. The fraction of sp³-hybridized carbons (Fsp3) is 1.00. The first-order chi connectivity index (χ1) is 5.77. The average Bonchev–Trinajstić information content (AvgIpc) is 1.97. The highest BCUT2D eigenvalue weighted by Crippen LogP contribution is 2.15. The number of halogens is 3. The Balaban J connectivity index is 0. The molecule has 0 aliphatic rings. The Morgan fingerprint density at radius 3 is 2.23 bits per heavy atom. The van der Waals surface area contributed by atoms with Crippen LogP contribution in [0.25, 0.3) is 0 Å². The van der Waals surface area contributed by atoms with Crippen LogP contribution in [0.15, 0.2) is 0 Å². The van der Waals surface area contributed by atoms with Gasteiger partial charge in [-0.1, -0.05) is 6.92 Å². The van der Waals surface area contributed by atoms with Crippen LogP contribution in [0.1, 0.15) is 28.6 Å². The standard InChI is InChI=1S/C8H16F3NO.H2/c1-4-7(2,3)12-5-6-13-8(9,10)11;/h12H,4-6H2,1-3H3;1H. The Morgan fingerprint density at radius 2 is 1.85 bits per heavy atom. The van der Waals surface area contributed by atoms with Gasteiger partial charge >= 0.3 is 6.36 Å². The summed E-state index contributed by atoms with van der Waals surface area (Å²) in [7, 11) is 0. The lowest BCUT2D eigenvalue weighted by Gasteiger charge is -2.24. The molecule has 1 N–H and O–H groups in total. The lowest BCUT2D eigenvalue weighted by Crippen LogP contribution is -2.40. The molecule has 5 heteroatoms. The highest BCUT2D eigenvalue weighted by atomic mass is 19.4. The van der Waals surface area contributed by atoms with Gasteiger partial charge in [0.2, 0.25) is 0 Å². The quantitative estimate of drug-likeness (QED) is 0.690. The van der Waals surface area contributed by atoms with E-state index in [2.05, 4.69) is 10.1 Å². The van der Waals surface area contributed by atoms with Crippen LogP contribution in [0.3, 0.4) is 0 Å². The highest BCUT2D eigenvalue weighted by Gasteiger charge is 2.28. The van der Waals surface area contributed by atoms with Gasteiger partial charge in [0.05, 0.1) is 6.61 Å². The monoisotopic (exact) mass is 201 g/mol. The minimum Gasteiger partial charge on any atom is -0.310 e. The fourth-order valence-corrected chi connectivity index (χ4v) is 0.681. The van der Waals surface area contributed by atoms with Crippen molar-refractivity contribution >= 4 is 0 Å². The molecule has 0 saturated carbocycles. The summed E-state index contributed by atoms with van der Waals surface area (Å²) in [5.74, 6) is 0. The molecule has 0 aromatic heterocycles. The first-order valence-corrected chi connectivity index (χ1v) is 4.22. The molecule has 0 radical (unpaired) electrons. The second kappa shape index (κ2) is 4.81. The van der Waals surface area contributed by atoms with Crippen molar-refractivity contribution in [3.05, 3.63) is 0 Å². The van der Waals surface area contributed by atoms with Gasteiger partial charge in [0, 0.05) is 13.5 Å². The van der Waals surface area contributed by atoms with Gasteiger partial charge in [-0.3, -0.25) is 4.74 Å². The van der Waals surface area contributed by atoms with Gasteiger partial charge in [-0.15, -0.1) is 13.2 Å². The highest BCUT2D eigenvalue weighted by molar-refractivity contribution is 4.74. The predicted octanol–water partition coefficient (Wildman–Crippen LogP) is 2.55. The number of alkyl halides is 3. The molecule has 0 heterocycles. The van der Waals surface area contributed by atoms with Crippen molar-refractivity contribution in [1.82, 2.24) is 5.32 Å². The van der Waals surface area contributed by atoms with E-state index in [0.29, 0.717) is 0 Å². The van der Waals surface area contributed by atoms with E-state index in [1.807, 2.05) is 20.8 Å². The normalized spacial score (nSPS) is 13.4. The van der Waals surface area contributed by atoms with E-state index in [-0.39, 0.29) is 20.1 Å². The van der Waals surface area contributed by atoms with Crippen LogP contribution >= 0.6 is 0 Å². The third-order valence-electron chi connectivity index (χ3n) is 1.86. The van der Waals surface area contributed by atoms with Crippen molar-refractivity contribution in [2.75, 3.05) is 13.2 Å². The molecule has 0 fully saturated rings. The molecule has 0 atom stereocenters. The van der Waals surface area contributed by atoms with Gasteiger partial charge in [0.1, 0.15) is 0 Å². The van der Waals surface area contributed by atoms with E-state index < -0.39 is 6.36 Å². The molecule has 0 aliphatic carbocycles. The van der Waals surface area contributed by atoms with Crippen LogP contribution in [-0.4, -0.2) is 25.1 Å². The SMILES string of the molecule is CCC(C)(C)NCCOC(F)(F)F.[HH]. The Hall–Kier alpha value is -0.290. The number of hydrogen-bond donors (Lipinski definition) is 1. The molecule has 0 amide bonds. The fourth-order valence-electron chi connectivity index (χ4n) is 0.681. The van der Waals surface area contributed by atoms with E-state index in [9.17, 15) is 13.2 Å². The second-order valence-electron chi connectivity index (χ2n) is 3.46. The Bertz CT molecular complexity index is 150. The largest absolute Gasteiger partial charge is 0.522 e. The van der Waals surface area contributed by atoms with E-state index in [1.165, 1.54) is 0 Å². The van der Waals surface area contributed by atoms with Gasteiger partial charge < -0.3 is 5.32 Å². The van der Waals surface area contributed by atoms with Crippen LogP contribution in [0.4, 0.5) is 13.2 Å². The average molecular weight is 201 g/mol. The number of hydrogen-bond acceptors (Lipinski definition) is 2. The van der Waals surface area contributed by atoms with Crippen LogP contribution in [0, 0.1) is 0 Å². The van der Waals surface area contributed by atoms with Gasteiger partial charge in [-0.2, -0.15) is 0 Å². The maximum Gasteiger partial charge on any atom is 0.522 e. The molecule has 13 heavy (non-hydrogen) atoms. The van der Waals surface area contributed by atoms with Gasteiger partial charge in [-0.05, 0) is 20.3 Å². The smallest absolute Gasteiger partial charge is 0.310 e. The van der Waals surface area contributed by atoms with E-state index in [1.54, 1.807) is 0 Å². The third-order valence-corrected chi connectivity index (χ3v) is 1.86. The maximum atomic E-state index is 11.5. The van der Waals surface area contributed by atoms with Crippen LogP contribution in [0.5, 0.6) is 0 Å². The minimum absolute atomic E-state index is 0. The molecule has 0 unspecified atom stereocenters. The van der Waals surface area contributed by atoms with Gasteiger partial charge in [-0.25, -0.2) is 0 Å². The van der Waals surface area contributed by atoms with Crippen LogP contribution < -0.4 is 5.32 Å². The summed E-state index contributed by atoms with van der Waals surface area (Å²) in [5, 5.41) is 2.96. The Kier molecular flexibility index (Phi) is 4.70. The summed E-state index contributed by atoms with van der Waals surface area (Å²) in [4.78, 5) is 0. The lowest BCUT2D eigenvalue weighted by atomic mass is 10.0.